The molecule has 0 saturated heterocycles. The molecule has 0 bridgehead atoms. The first-order valence-electron chi connectivity index (χ1n) is 6.68. The van der Waals surface area contributed by atoms with E-state index in [0.717, 1.165) is 16.9 Å². The van der Waals surface area contributed by atoms with Crippen LogP contribution in [0.25, 0.3) is 0 Å². The number of Topliss-reactive ketones (excluding diaryl/α,β-unsaturated/α-hetero) is 1. The molecular weight excluding hydrogens is 272 g/mol. The quantitative estimate of drug-likeness (QED) is 0.765. The van der Waals surface area contributed by atoms with E-state index in [1.54, 1.807) is 6.07 Å². The van der Waals surface area contributed by atoms with E-state index in [-0.39, 0.29) is 11.7 Å². The average Bonchev–Trinajstić information content (AvgIpc) is 2.45. The third kappa shape index (κ3) is 2.44. The van der Waals surface area contributed by atoms with Gasteiger partial charge in [0.05, 0.1) is 12.5 Å². The highest BCUT2D eigenvalue weighted by Gasteiger charge is 2.28. The molecule has 3 heteroatoms. The maximum Gasteiger partial charge on any atom is 0.170 e. The van der Waals surface area contributed by atoms with Crippen LogP contribution in [-0.2, 0) is 0 Å². The number of fused-ring (bicyclic) bond motifs is 1. The molecule has 1 aliphatic heterocycles. The van der Waals surface area contributed by atoms with E-state index in [2.05, 4.69) is 0 Å². The summed E-state index contributed by atoms with van der Waals surface area (Å²) in [5.74, 6) is 0.792. The summed E-state index contributed by atoms with van der Waals surface area (Å²) in [7, 11) is 0. The van der Waals surface area contributed by atoms with Crippen molar-refractivity contribution in [3.05, 3.63) is 64.2 Å². The second-order valence-corrected chi connectivity index (χ2v) is 5.55. The van der Waals surface area contributed by atoms with Gasteiger partial charge >= 0.3 is 0 Å². The molecule has 0 saturated carbocycles. The summed E-state index contributed by atoms with van der Waals surface area (Å²) in [6, 6.07) is 13.2. The van der Waals surface area contributed by atoms with Crippen LogP contribution in [0.2, 0.25) is 5.02 Å². The van der Waals surface area contributed by atoms with Crippen LogP contribution in [-0.4, -0.2) is 12.4 Å². The number of halogens is 1. The van der Waals surface area contributed by atoms with E-state index in [1.807, 2.05) is 43.3 Å². The van der Waals surface area contributed by atoms with E-state index in [4.69, 9.17) is 16.3 Å². The minimum Gasteiger partial charge on any atom is -0.493 e. The number of ketones is 1. The van der Waals surface area contributed by atoms with Gasteiger partial charge in [0.1, 0.15) is 5.75 Å². The summed E-state index contributed by atoms with van der Waals surface area (Å²) in [6.07, 6.45) is 0.710. The molecule has 0 N–H and O–H groups in total. The van der Waals surface area contributed by atoms with Crippen molar-refractivity contribution in [2.24, 2.45) is 0 Å². The normalized spacial score (nSPS) is 17.2. The van der Waals surface area contributed by atoms with Crippen molar-refractivity contribution in [2.75, 3.05) is 6.61 Å². The van der Waals surface area contributed by atoms with Gasteiger partial charge in [-0.15, -0.1) is 0 Å². The molecule has 1 aliphatic rings. The number of ether oxygens (including phenoxy) is 1. The van der Waals surface area contributed by atoms with Crippen molar-refractivity contribution < 1.29 is 9.53 Å². The number of hydrogen-bond donors (Lipinski definition) is 0. The zero-order valence-corrected chi connectivity index (χ0v) is 12.0. The first-order valence-corrected chi connectivity index (χ1v) is 7.06. The predicted octanol–water partition coefficient (Wildman–Crippen LogP) is 4.40. The molecule has 0 aromatic heterocycles. The van der Waals surface area contributed by atoms with Crippen LogP contribution in [0.4, 0.5) is 0 Å². The Morgan fingerprint density at radius 3 is 2.85 bits per heavy atom. The number of para-hydroxylation sites is 1. The Hall–Kier alpha value is -1.80. The molecule has 0 spiro atoms. The topological polar surface area (TPSA) is 26.3 Å². The second-order valence-electron chi connectivity index (χ2n) is 5.11. The lowest BCUT2D eigenvalue weighted by Gasteiger charge is -2.25. The molecule has 20 heavy (non-hydrogen) atoms. The van der Waals surface area contributed by atoms with Gasteiger partial charge in [-0.3, -0.25) is 4.79 Å². The fraction of sp³-hybridized carbons (Fsp3) is 0.235. The van der Waals surface area contributed by atoms with Crippen LogP contribution in [0, 0.1) is 6.92 Å². The smallest absolute Gasteiger partial charge is 0.170 e. The van der Waals surface area contributed by atoms with Crippen LogP contribution in [0.5, 0.6) is 5.75 Å². The van der Waals surface area contributed by atoms with Gasteiger partial charge in [-0.25, -0.2) is 0 Å². The predicted molar refractivity (Wildman–Crippen MR) is 79.8 cm³/mol. The second kappa shape index (κ2) is 5.29. The first kappa shape index (κ1) is 13.2. The molecule has 0 amide bonds. The fourth-order valence-electron chi connectivity index (χ4n) is 2.69. The van der Waals surface area contributed by atoms with Crippen LogP contribution < -0.4 is 4.74 Å². The number of rotatable bonds is 2. The highest BCUT2D eigenvalue weighted by Crippen LogP contribution is 2.35. The Bertz CT molecular complexity index is 644. The van der Waals surface area contributed by atoms with Gasteiger partial charge in [-0.1, -0.05) is 29.8 Å². The summed E-state index contributed by atoms with van der Waals surface area (Å²) in [6.45, 7) is 2.52. The lowest BCUT2D eigenvalue weighted by molar-refractivity contribution is 0.0933. The van der Waals surface area contributed by atoms with Gasteiger partial charge in [0.25, 0.3) is 0 Å². The van der Waals surface area contributed by atoms with Gasteiger partial charge in [0.15, 0.2) is 5.78 Å². The lowest BCUT2D eigenvalue weighted by atomic mass is 9.86. The van der Waals surface area contributed by atoms with Crippen LogP contribution in [0.3, 0.4) is 0 Å². The van der Waals surface area contributed by atoms with Gasteiger partial charge in [0, 0.05) is 16.1 Å². The summed E-state index contributed by atoms with van der Waals surface area (Å²) >= 11 is 6.06. The molecule has 3 rings (SSSR count). The van der Waals surface area contributed by atoms with Gasteiger partial charge < -0.3 is 4.74 Å². The maximum absolute atomic E-state index is 12.8. The number of carbonyl (C=O) groups is 1. The highest BCUT2D eigenvalue weighted by molar-refractivity contribution is 6.31. The van der Waals surface area contributed by atoms with Crippen LogP contribution in [0.1, 0.15) is 33.8 Å². The summed E-state index contributed by atoms with van der Waals surface area (Å²) in [4.78, 5) is 12.8. The lowest BCUT2D eigenvalue weighted by Crippen LogP contribution is -2.21. The van der Waals surface area contributed by atoms with E-state index in [1.165, 1.54) is 0 Å². The van der Waals surface area contributed by atoms with E-state index < -0.39 is 0 Å². The standard InChI is InChI=1S/C17H15ClO2/c1-11-8-12(10-13(18)9-11)17(19)15-6-7-20-16-5-3-2-4-14(15)16/h2-5,8-10,15H,6-7H2,1H3. The molecule has 0 fully saturated rings. The average molecular weight is 287 g/mol. The summed E-state index contributed by atoms with van der Waals surface area (Å²) < 4.78 is 5.61. The van der Waals surface area contributed by atoms with Crippen LogP contribution >= 0.6 is 11.6 Å². The molecular formula is C17H15ClO2. The molecule has 2 nitrogen and oxygen atoms in total. The molecule has 2 aromatic rings. The number of carbonyl (C=O) groups excluding carboxylic acids is 1. The van der Waals surface area contributed by atoms with Crippen LogP contribution in [0.15, 0.2) is 42.5 Å². The largest absolute Gasteiger partial charge is 0.493 e. The Morgan fingerprint density at radius 2 is 2.05 bits per heavy atom. The maximum atomic E-state index is 12.8. The third-order valence-corrected chi connectivity index (χ3v) is 3.82. The first-order chi connectivity index (χ1) is 9.65. The summed E-state index contributed by atoms with van der Waals surface area (Å²) in [5, 5.41) is 0.605. The van der Waals surface area contributed by atoms with Crippen molar-refractivity contribution in [1.82, 2.24) is 0 Å². The fourth-order valence-corrected chi connectivity index (χ4v) is 2.98. The SMILES string of the molecule is Cc1cc(Cl)cc(C(=O)C2CCOc3ccccc32)c1. The van der Waals surface area contributed by atoms with Crippen molar-refractivity contribution in [1.29, 1.82) is 0 Å². The van der Waals surface area contributed by atoms with Gasteiger partial charge in [-0.05, 0) is 43.2 Å². The Kier molecular flexibility index (Phi) is 3.49. The zero-order valence-electron chi connectivity index (χ0n) is 11.2. The monoisotopic (exact) mass is 286 g/mol. The molecule has 2 aromatic carbocycles. The minimum atomic E-state index is -0.141. The number of aryl methyl sites for hydroxylation is 1. The number of benzene rings is 2. The molecule has 0 aliphatic carbocycles. The van der Waals surface area contributed by atoms with Crippen molar-refractivity contribution in [3.8, 4) is 5.75 Å². The highest BCUT2D eigenvalue weighted by atomic mass is 35.5. The molecule has 1 heterocycles. The van der Waals surface area contributed by atoms with Crippen molar-refractivity contribution in [2.45, 2.75) is 19.3 Å². The number of hydrogen-bond acceptors (Lipinski definition) is 2. The molecule has 1 unspecified atom stereocenters. The van der Waals surface area contributed by atoms with E-state index in [0.29, 0.717) is 23.6 Å². The molecule has 0 radical (unpaired) electrons. The minimum absolute atomic E-state index is 0.117. The Morgan fingerprint density at radius 1 is 1.25 bits per heavy atom. The molecule has 1 atom stereocenters. The van der Waals surface area contributed by atoms with Gasteiger partial charge in [-0.2, -0.15) is 0 Å². The summed E-state index contributed by atoms with van der Waals surface area (Å²) in [5.41, 5.74) is 2.65. The Labute approximate surface area is 123 Å². The molecule has 102 valence electrons. The van der Waals surface area contributed by atoms with Gasteiger partial charge in [0.2, 0.25) is 0 Å². The zero-order chi connectivity index (χ0) is 14.1. The van der Waals surface area contributed by atoms with E-state index >= 15 is 0 Å². The third-order valence-electron chi connectivity index (χ3n) is 3.60. The van der Waals surface area contributed by atoms with Crippen molar-refractivity contribution >= 4 is 17.4 Å². The Balaban J connectivity index is 1.99. The van der Waals surface area contributed by atoms with E-state index in [9.17, 15) is 4.79 Å². The van der Waals surface area contributed by atoms with Crippen molar-refractivity contribution in [3.63, 3.8) is 0 Å².